The van der Waals surface area contributed by atoms with Gasteiger partial charge in [0.2, 0.25) is 5.91 Å². The van der Waals surface area contributed by atoms with Crippen LogP contribution in [0.25, 0.3) is 0 Å². The van der Waals surface area contributed by atoms with Gasteiger partial charge in [-0.05, 0) is 18.4 Å². The van der Waals surface area contributed by atoms with Crippen LogP contribution in [0.4, 0.5) is 0 Å². The zero-order chi connectivity index (χ0) is 16.6. The topological polar surface area (TPSA) is 124 Å². The average Bonchev–Trinajstić information content (AvgIpc) is 2.42. The minimum absolute atomic E-state index is 0.0673. The molecule has 22 heavy (non-hydrogen) atoms. The van der Waals surface area contributed by atoms with Crippen molar-refractivity contribution in [1.29, 1.82) is 0 Å². The number of carboxylic acids is 1. The van der Waals surface area contributed by atoms with E-state index in [-0.39, 0.29) is 25.8 Å². The average molecular weight is 329 g/mol. The van der Waals surface area contributed by atoms with Crippen molar-refractivity contribution in [3.05, 3.63) is 35.9 Å². The number of hydrogen-bond donors (Lipinski definition) is 4. The molecule has 1 rings (SSSR count). The Labute approximate surface area is 128 Å². The maximum Gasteiger partial charge on any atom is 0.326 e. The first-order valence-corrected chi connectivity index (χ1v) is 8.65. The highest BCUT2D eigenvalue weighted by Crippen LogP contribution is 2.37. The standard InChI is InChI=1S/C14H20NO6P/c16-13(17)7-4-8-15-14(18)12(10-22(19,20)21)9-11-5-2-1-3-6-11/h1-3,5-6,12H,4,7-10H2,(H,15,18)(H,16,17)(H2,19,20,21). The lowest BCUT2D eigenvalue weighted by atomic mass is 10.0. The summed E-state index contributed by atoms with van der Waals surface area (Å²) in [6, 6.07) is 8.95. The zero-order valence-corrected chi connectivity index (χ0v) is 12.9. The van der Waals surface area contributed by atoms with Crippen molar-refractivity contribution in [1.82, 2.24) is 5.32 Å². The first-order valence-electron chi connectivity index (χ1n) is 6.86. The fourth-order valence-corrected chi connectivity index (χ4v) is 2.89. The number of hydrogen-bond acceptors (Lipinski definition) is 3. The summed E-state index contributed by atoms with van der Waals surface area (Å²) < 4.78 is 11.2. The minimum atomic E-state index is -4.32. The van der Waals surface area contributed by atoms with Gasteiger partial charge in [0.1, 0.15) is 0 Å². The van der Waals surface area contributed by atoms with Crippen LogP contribution in [0.1, 0.15) is 18.4 Å². The number of aliphatic carboxylic acids is 1. The third-order valence-corrected chi connectivity index (χ3v) is 3.94. The molecule has 0 aromatic heterocycles. The van der Waals surface area contributed by atoms with Crippen LogP contribution in [0.5, 0.6) is 0 Å². The first kappa shape index (κ1) is 18.4. The Morgan fingerprint density at radius 3 is 2.36 bits per heavy atom. The quantitative estimate of drug-likeness (QED) is 0.396. The zero-order valence-electron chi connectivity index (χ0n) is 12.0. The third-order valence-electron chi connectivity index (χ3n) is 3.02. The molecule has 8 heteroatoms. The maximum absolute atomic E-state index is 12.1. The second-order valence-electron chi connectivity index (χ2n) is 5.02. The molecule has 1 aromatic rings. The van der Waals surface area contributed by atoms with E-state index in [0.717, 1.165) is 5.56 Å². The minimum Gasteiger partial charge on any atom is -0.481 e. The van der Waals surface area contributed by atoms with Gasteiger partial charge in [-0.3, -0.25) is 14.2 Å². The van der Waals surface area contributed by atoms with Gasteiger partial charge in [-0.25, -0.2) is 0 Å². The highest BCUT2D eigenvalue weighted by atomic mass is 31.2. The van der Waals surface area contributed by atoms with Crippen LogP contribution in [0.3, 0.4) is 0 Å². The lowest BCUT2D eigenvalue weighted by Crippen LogP contribution is -2.34. The van der Waals surface area contributed by atoms with Crippen molar-refractivity contribution in [2.45, 2.75) is 19.3 Å². The molecule has 0 aliphatic heterocycles. The summed E-state index contributed by atoms with van der Waals surface area (Å²) in [5.74, 6) is -2.28. The Morgan fingerprint density at radius 2 is 1.82 bits per heavy atom. The first-order chi connectivity index (χ1) is 10.3. The van der Waals surface area contributed by atoms with E-state index in [0.29, 0.717) is 0 Å². The van der Waals surface area contributed by atoms with Gasteiger partial charge in [0, 0.05) is 13.0 Å². The number of amides is 1. The van der Waals surface area contributed by atoms with Crippen LogP contribution in [0.15, 0.2) is 30.3 Å². The molecule has 1 aromatic carbocycles. The van der Waals surface area contributed by atoms with Crippen molar-refractivity contribution < 1.29 is 29.0 Å². The van der Waals surface area contributed by atoms with E-state index in [2.05, 4.69) is 5.32 Å². The number of carboxylic acid groups (broad SMARTS) is 1. The largest absolute Gasteiger partial charge is 0.481 e. The van der Waals surface area contributed by atoms with E-state index in [9.17, 15) is 14.2 Å². The Balaban J connectivity index is 2.62. The lowest BCUT2D eigenvalue weighted by molar-refractivity contribution is -0.137. The van der Waals surface area contributed by atoms with Crippen LogP contribution in [-0.2, 0) is 20.6 Å². The molecule has 0 saturated heterocycles. The van der Waals surface area contributed by atoms with E-state index < -0.39 is 31.6 Å². The van der Waals surface area contributed by atoms with Crippen LogP contribution >= 0.6 is 7.60 Å². The molecule has 4 N–H and O–H groups in total. The Hall–Kier alpha value is -1.69. The summed E-state index contributed by atoms with van der Waals surface area (Å²) in [4.78, 5) is 40.7. The Bertz CT molecular complexity index is 542. The number of rotatable bonds is 9. The normalized spacial score (nSPS) is 12.6. The second-order valence-corrected chi connectivity index (χ2v) is 6.72. The summed E-state index contributed by atoms with van der Waals surface area (Å²) >= 11 is 0. The van der Waals surface area contributed by atoms with E-state index in [1.165, 1.54) is 0 Å². The molecular formula is C14H20NO6P. The summed E-state index contributed by atoms with van der Waals surface area (Å²) in [7, 11) is -4.32. The van der Waals surface area contributed by atoms with E-state index >= 15 is 0 Å². The number of benzene rings is 1. The summed E-state index contributed by atoms with van der Waals surface area (Å²) in [6.07, 6.45) is -0.111. The van der Waals surface area contributed by atoms with Gasteiger partial charge < -0.3 is 20.2 Å². The predicted octanol–water partition coefficient (Wildman–Crippen LogP) is 1.00. The molecule has 0 heterocycles. The van der Waals surface area contributed by atoms with E-state index in [1.807, 2.05) is 6.07 Å². The highest BCUT2D eigenvalue weighted by molar-refractivity contribution is 7.51. The fraction of sp³-hybridized carbons (Fsp3) is 0.429. The van der Waals surface area contributed by atoms with Crippen molar-refractivity contribution >= 4 is 19.5 Å². The molecule has 0 radical (unpaired) electrons. The Kier molecular flexibility index (Phi) is 7.24. The molecule has 0 spiro atoms. The predicted molar refractivity (Wildman–Crippen MR) is 80.4 cm³/mol. The molecule has 1 amide bonds. The van der Waals surface area contributed by atoms with Crippen LogP contribution in [0, 0.1) is 5.92 Å². The molecule has 0 bridgehead atoms. The molecular weight excluding hydrogens is 309 g/mol. The molecule has 1 unspecified atom stereocenters. The number of nitrogens with one attached hydrogen (secondary N) is 1. The van der Waals surface area contributed by atoms with Gasteiger partial charge in [0.05, 0.1) is 12.1 Å². The van der Waals surface area contributed by atoms with Gasteiger partial charge in [-0.1, -0.05) is 30.3 Å². The molecule has 0 fully saturated rings. The van der Waals surface area contributed by atoms with Crippen LogP contribution < -0.4 is 5.32 Å². The summed E-state index contributed by atoms with van der Waals surface area (Å²) in [5, 5.41) is 11.1. The smallest absolute Gasteiger partial charge is 0.326 e. The van der Waals surface area contributed by atoms with Crippen molar-refractivity contribution in [2.75, 3.05) is 12.7 Å². The molecule has 7 nitrogen and oxygen atoms in total. The van der Waals surface area contributed by atoms with Gasteiger partial charge in [0.25, 0.3) is 0 Å². The van der Waals surface area contributed by atoms with Crippen molar-refractivity contribution in [3.8, 4) is 0 Å². The Morgan fingerprint density at radius 1 is 1.18 bits per heavy atom. The van der Waals surface area contributed by atoms with Crippen LogP contribution in [-0.4, -0.2) is 39.5 Å². The molecule has 0 aliphatic carbocycles. The van der Waals surface area contributed by atoms with Gasteiger partial charge >= 0.3 is 13.6 Å². The van der Waals surface area contributed by atoms with Crippen LogP contribution in [0.2, 0.25) is 0 Å². The highest BCUT2D eigenvalue weighted by Gasteiger charge is 2.27. The van der Waals surface area contributed by atoms with Gasteiger partial charge in [0.15, 0.2) is 0 Å². The SMILES string of the molecule is O=C(O)CCCNC(=O)C(Cc1ccccc1)CP(=O)(O)O. The number of carbonyl (C=O) groups is 2. The van der Waals surface area contributed by atoms with Gasteiger partial charge in [-0.15, -0.1) is 0 Å². The summed E-state index contributed by atoms with van der Waals surface area (Å²) in [6.45, 7) is 0.164. The lowest BCUT2D eigenvalue weighted by Gasteiger charge is -2.17. The van der Waals surface area contributed by atoms with Crippen molar-refractivity contribution in [2.24, 2.45) is 5.92 Å². The second kappa shape index (κ2) is 8.68. The third kappa shape index (κ3) is 7.93. The molecule has 122 valence electrons. The van der Waals surface area contributed by atoms with Crippen molar-refractivity contribution in [3.63, 3.8) is 0 Å². The monoisotopic (exact) mass is 329 g/mol. The number of carbonyl (C=O) groups excluding carboxylic acids is 1. The van der Waals surface area contributed by atoms with E-state index in [4.69, 9.17) is 14.9 Å². The molecule has 1 atom stereocenters. The molecule has 0 aliphatic rings. The maximum atomic E-state index is 12.1. The van der Waals surface area contributed by atoms with E-state index in [1.54, 1.807) is 24.3 Å². The molecule has 0 saturated carbocycles. The fourth-order valence-electron chi connectivity index (χ4n) is 2.02. The summed E-state index contributed by atoms with van der Waals surface area (Å²) in [5.41, 5.74) is 0.807. The van der Waals surface area contributed by atoms with Gasteiger partial charge in [-0.2, -0.15) is 0 Å².